The number of carboxylic acids is 1. The van der Waals surface area contributed by atoms with Gasteiger partial charge in [-0.1, -0.05) is 12.1 Å². The second-order valence-corrected chi connectivity index (χ2v) is 10.7. The number of nitriles is 1. The number of imidazole rings is 1. The van der Waals surface area contributed by atoms with Gasteiger partial charge < -0.3 is 28.6 Å². The van der Waals surface area contributed by atoms with E-state index in [0.717, 1.165) is 18.6 Å². The monoisotopic (exact) mass is 626 g/mol. The smallest absolute Gasteiger partial charge is 0.335 e. The molecule has 1 aliphatic rings. The fourth-order valence-corrected chi connectivity index (χ4v) is 5.31. The highest BCUT2D eigenvalue weighted by Crippen LogP contribution is 2.32. The number of aromatic carboxylic acids is 1. The van der Waals surface area contributed by atoms with Gasteiger partial charge >= 0.3 is 5.97 Å². The van der Waals surface area contributed by atoms with Crippen molar-refractivity contribution in [3.05, 3.63) is 100 Å². The first kappa shape index (κ1) is 30.5. The van der Waals surface area contributed by atoms with Crippen LogP contribution in [-0.4, -0.2) is 52.5 Å². The van der Waals surface area contributed by atoms with Crippen molar-refractivity contribution in [1.82, 2.24) is 14.5 Å². The molecular formula is C34H28F2N4O6. The maximum atomic E-state index is 15.6. The van der Waals surface area contributed by atoms with Crippen LogP contribution in [0.1, 0.15) is 39.3 Å². The Morgan fingerprint density at radius 1 is 1.04 bits per heavy atom. The summed E-state index contributed by atoms with van der Waals surface area (Å²) in [6.45, 7) is 1.06. The predicted octanol–water partition coefficient (Wildman–Crippen LogP) is 5.92. The molecule has 1 N–H and O–H groups in total. The average Bonchev–Trinajstić information content (AvgIpc) is 3.39. The second kappa shape index (κ2) is 12.8. The molecule has 2 aromatic heterocycles. The highest BCUT2D eigenvalue weighted by atomic mass is 19.1. The quantitative estimate of drug-likeness (QED) is 0.190. The Morgan fingerprint density at radius 2 is 1.85 bits per heavy atom. The van der Waals surface area contributed by atoms with E-state index in [9.17, 15) is 9.90 Å². The summed E-state index contributed by atoms with van der Waals surface area (Å²) < 4.78 is 55.2. The molecule has 0 spiro atoms. The normalized spacial score (nSPS) is 14.0. The number of rotatable bonds is 11. The van der Waals surface area contributed by atoms with Gasteiger partial charge in [0.2, 0.25) is 5.88 Å². The van der Waals surface area contributed by atoms with Crippen molar-refractivity contribution in [3.63, 3.8) is 0 Å². The topological polar surface area (TPSA) is 129 Å². The zero-order chi connectivity index (χ0) is 32.4. The number of aromatic nitrogens is 3. The number of carboxylic acid groups (broad SMARTS) is 1. The molecule has 0 radical (unpaired) electrons. The minimum absolute atomic E-state index is 0.0166. The molecule has 0 amide bonds. The summed E-state index contributed by atoms with van der Waals surface area (Å²) in [6.07, 6.45) is 0.626. The van der Waals surface area contributed by atoms with E-state index >= 15 is 8.78 Å². The van der Waals surface area contributed by atoms with Crippen LogP contribution in [0.4, 0.5) is 8.78 Å². The van der Waals surface area contributed by atoms with Crippen molar-refractivity contribution in [2.75, 3.05) is 20.8 Å². The minimum Gasteiger partial charge on any atom is -0.496 e. The van der Waals surface area contributed by atoms with Crippen LogP contribution in [0.2, 0.25) is 0 Å². The van der Waals surface area contributed by atoms with Gasteiger partial charge in [-0.2, -0.15) is 5.26 Å². The molecular weight excluding hydrogens is 598 g/mol. The molecule has 6 rings (SSSR count). The van der Waals surface area contributed by atoms with Crippen molar-refractivity contribution in [3.8, 4) is 34.7 Å². The number of benzene rings is 3. The van der Waals surface area contributed by atoms with Crippen LogP contribution in [0.3, 0.4) is 0 Å². The Hall–Kier alpha value is -5.54. The maximum absolute atomic E-state index is 15.6. The van der Waals surface area contributed by atoms with Crippen molar-refractivity contribution in [2.24, 2.45) is 0 Å². The van der Waals surface area contributed by atoms with Gasteiger partial charge in [-0.3, -0.25) is 0 Å². The van der Waals surface area contributed by atoms with E-state index in [-0.39, 0.29) is 53.1 Å². The summed E-state index contributed by atoms with van der Waals surface area (Å²) in [5.41, 5.74) is 2.24. The molecule has 10 nitrogen and oxygen atoms in total. The zero-order valence-electron chi connectivity index (χ0n) is 24.9. The average molecular weight is 627 g/mol. The molecule has 1 aliphatic heterocycles. The number of hydrogen-bond donors (Lipinski definition) is 1. The summed E-state index contributed by atoms with van der Waals surface area (Å²) in [4.78, 5) is 20.8. The molecule has 12 heteroatoms. The van der Waals surface area contributed by atoms with Crippen molar-refractivity contribution in [2.45, 2.75) is 32.1 Å². The lowest BCUT2D eigenvalue weighted by atomic mass is 10.0. The summed E-state index contributed by atoms with van der Waals surface area (Å²) in [6, 6.07) is 16.9. The van der Waals surface area contributed by atoms with Gasteiger partial charge in [0.1, 0.15) is 41.1 Å². The Kier molecular flexibility index (Phi) is 8.50. The first-order valence-corrected chi connectivity index (χ1v) is 14.3. The molecule has 1 saturated heterocycles. The molecule has 0 aliphatic carbocycles. The minimum atomic E-state index is -1.13. The number of nitrogens with zero attached hydrogens (tertiary/aromatic N) is 4. The standard InChI is InChI=1S/C34H28F2N4O6/c1-43-29-10-19(16-37)6-7-20(29)18-46-32-5-3-4-27(38-32)24-15-25(35)21(11-26(24)36)14-31-39-33-28(40(31)17-23-8-9-45-23)12-22(34(41)42)13-30(33)44-2/h3-7,10-13,15,23H,8-9,14,17-18H2,1-2H3,(H,41,42). The molecule has 46 heavy (non-hydrogen) atoms. The number of carbonyl (C=O) groups is 1. The van der Waals surface area contributed by atoms with Crippen molar-refractivity contribution in [1.29, 1.82) is 5.26 Å². The largest absolute Gasteiger partial charge is 0.496 e. The number of ether oxygens (including phenoxy) is 4. The van der Waals surface area contributed by atoms with E-state index in [1.54, 1.807) is 41.0 Å². The van der Waals surface area contributed by atoms with E-state index in [4.69, 9.17) is 24.2 Å². The molecule has 3 aromatic carbocycles. The molecule has 234 valence electrons. The van der Waals surface area contributed by atoms with Crippen LogP contribution >= 0.6 is 0 Å². The Morgan fingerprint density at radius 3 is 2.54 bits per heavy atom. The Bertz CT molecular complexity index is 2000. The van der Waals surface area contributed by atoms with Gasteiger partial charge in [0.05, 0.1) is 55.3 Å². The molecule has 0 bridgehead atoms. The van der Waals surface area contributed by atoms with E-state index in [0.29, 0.717) is 46.9 Å². The molecule has 1 unspecified atom stereocenters. The molecule has 1 fully saturated rings. The number of methoxy groups -OCH3 is 2. The van der Waals surface area contributed by atoms with Crippen LogP contribution < -0.4 is 14.2 Å². The third-order valence-electron chi connectivity index (χ3n) is 7.82. The van der Waals surface area contributed by atoms with Crippen LogP contribution in [-0.2, 0) is 24.3 Å². The third kappa shape index (κ3) is 6.05. The van der Waals surface area contributed by atoms with Gasteiger partial charge in [-0.25, -0.2) is 23.5 Å². The zero-order valence-corrected chi connectivity index (χ0v) is 24.9. The lowest BCUT2D eigenvalue weighted by Crippen LogP contribution is -2.31. The van der Waals surface area contributed by atoms with E-state index in [2.05, 4.69) is 16.0 Å². The molecule has 3 heterocycles. The van der Waals surface area contributed by atoms with Gasteiger partial charge in [-0.15, -0.1) is 0 Å². The van der Waals surface area contributed by atoms with Gasteiger partial charge in [-0.05, 0) is 54.4 Å². The van der Waals surface area contributed by atoms with E-state index < -0.39 is 17.6 Å². The van der Waals surface area contributed by atoms with Gasteiger partial charge in [0, 0.05) is 30.2 Å². The fraction of sp³-hybridized carbons (Fsp3) is 0.235. The van der Waals surface area contributed by atoms with Crippen molar-refractivity contribution >= 4 is 17.0 Å². The first-order valence-electron chi connectivity index (χ1n) is 14.3. The van der Waals surface area contributed by atoms with Gasteiger partial charge in [0.25, 0.3) is 0 Å². The number of pyridine rings is 1. The highest BCUT2D eigenvalue weighted by molar-refractivity contribution is 5.95. The van der Waals surface area contributed by atoms with Crippen LogP contribution in [0.15, 0.2) is 60.7 Å². The molecule has 0 saturated carbocycles. The maximum Gasteiger partial charge on any atom is 0.335 e. The summed E-state index contributed by atoms with van der Waals surface area (Å²) in [5, 5.41) is 18.8. The summed E-state index contributed by atoms with van der Waals surface area (Å²) in [5.74, 6) is -1.14. The first-order chi connectivity index (χ1) is 22.3. The van der Waals surface area contributed by atoms with Crippen LogP contribution in [0.25, 0.3) is 22.3 Å². The number of halogens is 2. The summed E-state index contributed by atoms with van der Waals surface area (Å²) >= 11 is 0. The Balaban J connectivity index is 1.29. The third-order valence-corrected chi connectivity index (χ3v) is 7.82. The second-order valence-electron chi connectivity index (χ2n) is 10.7. The molecule has 1 atom stereocenters. The fourth-order valence-electron chi connectivity index (χ4n) is 5.31. The van der Waals surface area contributed by atoms with Crippen LogP contribution in [0, 0.1) is 23.0 Å². The highest BCUT2D eigenvalue weighted by Gasteiger charge is 2.25. The number of hydrogen-bond acceptors (Lipinski definition) is 8. The lowest BCUT2D eigenvalue weighted by Gasteiger charge is -2.27. The van der Waals surface area contributed by atoms with E-state index in [1.807, 2.05) is 0 Å². The van der Waals surface area contributed by atoms with Crippen LogP contribution in [0.5, 0.6) is 17.4 Å². The van der Waals surface area contributed by atoms with Gasteiger partial charge in [0.15, 0.2) is 0 Å². The van der Waals surface area contributed by atoms with Crippen molar-refractivity contribution < 1.29 is 37.6 Å². The summed E-state index contributed by atoms with van der Waals surface area (Å²) in [7, 11) is 2.91. The molecule has 5 aromatic rings. The predicted molar refractivity (Wildman–Crippen MR) is 162 cm³/mol. The Labute approximate surface area is 262 Å². The van der Waals surface area contributed by atoms with E-state index in [1.165, 1.54) is 26.4 Å². The number of fused-ring (bicyclic) bond motifs is 1. The SMILES string of the molecule is COc1cc(C#N)ccc1COc1cccc(-c2cc(F)c(Cc3nc4c(OC)cc(C(=O)O)cc4n3CC3CCO3)cc2F)n1. The lowest BCUT2D eigenvalue weighted by molar-refractivity contribution is -0.0589.